The average Bonchev–Trinajstić information content (AvgIpc) is 2.97. The van der Waals surface area contributed by atoms with Gasteiger partial charge in [-0.2, -0.15) is 5.26 Å². The zero-order chi connectivity index (χ0) is 31.8. The fourth-order valence-corrected chi connectivity index (χ4v) is 7.34. The van der Waals surface area contributed by atoms with E-state index in [1.807, 2.05) is 30.9 Å². The highest BCUT2D eigenvalue weighted by Crippen LogP contribution is 2.32. The van der Waals surface area contributed by atoms with E-state index in [-0.39, 0.29) is 17.4 Å². The summed E-state index contributed by atoms with van der Waals surface area (Å²) in [4.78, 5) is 18.6. The lowest BCUT2D eigenvalue weighted by molar-refractivity contribution is 0.0745. The van der Waals surface area contributed by atoms with Crippen molar-refractivity contribution in [2.24, 2.45) is 11.1 Å². The van der Waals surface area contributed by atoms with Crippen LogP contribution in [0.5, 0.6) is 0 Å². The molecule has 0 saturated carbocycles. The number of nitrogens with zero attached hydrogens (tertiary/aromatic N) is 4. The van der Waals surface area contributed by atoms with E-state index in [4.69, 9.17) is 5.14 Å². The molecule has 0 bridgehead atoms. The van der Waals surface area contributed by atoms with Gasteiger partial charge < -0.3 is 14.7 Å². The Morgan fingerprint density at radius 2 is 1.61 bits per heavy atom. The van der Waals surface area contributed by atoms with Crippen LogP contribution in [0.4, 0.5) is 20.2 Å². The second-order valence-electron chi connectivity index (χ2n) is 11.9. The maximum atomic E-state index is 14.8. The monoisotopic (exact) mass is 621 g/mol. The van der Waals surface area contributed by atoms with Crippen molar-refractivity contribution in [1.82, 2.24) is 4.90 Å². The number of sulfonamides is 1. The molecule has 0 aliphatic carbocycles. The fraction of sp³-hybridized carbons (Fsp3) is 0.394. The number of primary sulfonamides is 1. The van der Waals surface area contributed by atoms with Gasteiger partial charge in [0.25, 0.3) is 5.91 Å². The third-order valence-electron chi connectivity index (χ3n) is 8.82. The van der Waals surface area contributed by atoms with Gasteiger partial charge in [-0.15, -0.1) is 0 Å². The SMILES string of the molecule is Cc1cc(F)c(N2CCC(Cc3cc(C(=O)N4CCN(c5cccc(F)c5S(N)(=O)=O)CC4)c(C)cc3C)CC2)c(C#N)c1. The first-order chi connectivity index (χ1) is 20.9. The Bertz CT molecular complexity index is 1740. The van der Waals surface area contributed by atoms with Gasteiger partial charge in [0.05, 0.1) is 16.9 Å². The molecule has 0 aromatic heterocycles. The van der Waals surface area contributed by atoms with Crippen LogP contribution in [0.25, 0.3) is 0 Å². The van der Waals surface area contributed by atoms with Gasteiger partial charge in [0.15, 0.2) is 0 Å². The minimum absolute atomic E-state index is 0.0944. The van der Waals surface area contributed by atoms with Crippen molar-refractivity contribution in [3.63, 3.8) is 0 Å². The van der Waals surface area contributed by atoms with Crippen LogP contribution in [0.1, 0.15) is 51.0 Å². The molecule has 11 heteroatoms. The maximum absolute atomic E-state index is 14.8. The van der Waals surface area contributed by atoms with Crippen LogP contribution in [0.2, 0.25) is 0 Å². The Labute approximate surface area is 257 Å². The van der Waals surface area contributed by atoms with E-state index in [2.05, 4.69) is 6.07 Å². The predicted octanol–water partition coefficient (Wildman–Crippen LogP) is 4.83. The van der Waals surface area contributed by atoms with Crippen LogP contribution in [0, 0.1) is 49.7 Å². The summed E-state index contributed by atoms with van der Waals surface area (Å²) in [7, 11) is -4.27. The van der Waals surface area contributed by atoms with Crippen LogP contribution in [-0.2, 0) is 16.4 Å². The molecule has 0 atom stereocenters. The fourth-order valence-electron chi connectivity index (χ4n) is 6.51. The number of aryl methyl sites for hydroxylation is 3. The number of benzene rings is 3. The molecule has 2 N–H and O–H groups in total. The van der Waals surface area contributed by atoms with Crippen LogP contribution in [-0.4, -0.2) is 58.5 Å². The van der Waals surface area contributed by atoms with Gasteiger partial charge in [-0.25, -0.2) is 22.3 Å². The number of piperidine rings is 1. The second-order valence-corrected chi connectivity index (χ2v) is 13.4. The minimum Gasteiger partial charge on any atom is -0.368 e. The Kier molecular flexibility index (Phi) is 8.95. The van der Waals surface area contributed by atoms with Crippen molar-refractivity contribution in [1.29, 1.82) is 5.26 Å². The van der Waals surface area contributed by atoms with Gasteiger partial charge in [0.2, 0.25) is 10.0 Å². The Balaban J connectivity index is 1.25. The van der Waals surface area contributed by atoms with E-state index in [0.29, 0.717) is 62.0 Å². The van der Waals surface area contributed by atoms with Crippen molar-refractivity contribution in [2.75, 3.05) is 49.1 Å². The summed E-state index contributed by atoms with van der Waals surface area (Å²) in [6.07, 6.45) is 2.49. The van der Waals surface area contributed by atoms with E-state index < -0.39 is 20.7 Å². The van der Waals surface area contributed by atoms with E-state index in [9.17, 15) is 27.3 Å². The quantitative estimate of drug-likeness (QED) is 0.422. The Morgan fingerprint density at radius 3 is 2.25 bits per heavy atom. The van der Waals surface area contributed by atoms with Gasteiger partial charge >= 0.3 is 0 Å². The van der Waals surface area contributed by atoms with Crippen molar-refractivity contribution < 1.29 is 22.0 Å². The largest absolute Gasteiger partial charge is 0.368 e. The first-order valence-corrected chi connectivity index (χ1v) is 16.3. The summed E-state index contributed by atoms with van der Waals surface area (Å²) in [5, 5.41) is 14.9. The summed E-state index contributed by atoms with van der Waals surface area (Å²) in [5.74, 6) is -0.995. The molecule has 232 valence electrons. The molecule has 1 amide bonds. The van der Waals surface area contributed by atoms with Crippen LogP contribution < -0.4 is 14.9 Å². The molecule has 44 heavy (non-hydrogen) atoms. The number of nitriles is 1. The smallest absolute Gasteiger partial charge is 0.254 e. The average molecular weight is 622 g/mol. The number of carbonyl (C=O) groups is 1. The first-order valence-electron chi connectivity index (χ1n) is 14.8. The zero-order valence-corrected chi connectivity index (χ0v) is 26.1. The lowest BCUT2D eigenvalue weighted by Crippen LogP contribution is -2.49. The lowest BCUT2D eigenvalue weighted by Gasteiger charge is -2.37. The van der Waals surface area contributed by atoms with Crippen LogP contribution >= 0.6 is 0 Å². The van der Waals surface area contributed by atoms with Crippen LogP contribution in [0.15, 0.2) is 47.4 Å². The maximum Gasteiger partial charge on any atom is 0.254 e. The predicted molar refractivity (Wildman–Crippen MR) is 166 cm³/mol. The third kappa shape index (κ3) is 6.42. The van der Waals surface area contributed by atoms with Gasteiger partial charge in [-0.1, -0.05) is 12.1 Å². The molecule has 3 aromatic rings. The van der Waals surface area contributed by atoms with Crippen molar-refractivity contribution in [3.8, 4) is 6.07 Å². The van der Waals surface area contributed by atoms with Gasteiger partial charge in [0, 0.05) is 44.8 Å². The molecule has 2 saturated heterocycles. The Morgan fingerprint density at radius 1 is 0.932 bits per heavy atom. The first kappa shape index (κ1) is 31.4. The number of halogens is 2. The highest BCUT2D eigenvalue weighted by atomic mass is 32.2. The van der Waals surface area contributed by atoms with E-state index >= 15 is 0 Å². The summed E-state index contributed by atoms with van der Waals surface area (Å²) in [6.45, 7) is 8.42. The number of piperazine rings is 1. The third-order valence-corrected chi connectivity index (χ3v) is 9.79. The number of nitrogens with two attached hydrogens (primary N) is 1. The molecule has 2 aliphatic rings. The summed E-state index contributed by atoms with van der Waals surface area (Å²) < 4.78 is 53.3. The van der Waals surface area contributed by atoms with Crippen molar-refractivity contribution in [2.45, 2.75) is 44.9 Å². The van der Waals surface area contributed by atoms with Crippen molar-refractivity contribution in [3.05, 3.63) is 87.5 Å². The van der Waals surface area contributed by atoms with E-state index in [1.165, 1.54) is 18.2 Å². The number of rotatable bonds is 6. The normalized spacial score (nSPS) is 16.2. The molecule has 2 aliphatic heterocycles. The molecular formula is C33H37F2N5O3S. The Hall–Kier alpha value is -4.01. The van der Waals surface area contributed by atoms with E-state index in [1.54, 1.807) is 22.8 Å². The highest BCUT2D eigenvalue weighted by Gasteiger charge is 2.29. The minimum atomic E-state index is -4.27. The molecule has 0 unspecified atom stereocenters. The van der Waals surface area contributed by atoms with Crippen molar-refractivity contribution >= 4 is 27.3 Å². The lowest BCUT2D eigenvalue weighted by atomic mass is 9.86. The molecule has 5 rings (SSSR count). The molecule has 2 fully saturated rings. The summed E-state index contributed by atoms with van der Waals surface area (Å²) in [6, 6.07) is 13.4. The zero-order valence-electron chi connectivity index (χ0n) is 25.2. The van der Waals surface area contributed by atoms with Gasteiger partial charge in [-0.3, -0.25) is 4.79 Å². The summed E-state index contributed by atoms with van der Waals surface area (Å²) >= 11 is 0. The number of amides is 1. The number of anilines is 2. The molecule has 3 aromatic carbocycles. The molecule has 2 heterocycles. The highest BCUT2D eigenvalue weighted by molar-refractivity contribution is 7.89. The topological polar surface area (TPSA) is 111 Å². The molecule has 0 radical (unpaired) electrons. The molecular weight excluding hydrogens is 584 g/mol. The van der Waals surface area contributed by atoms with E-state index in [0.717, 1.165) is 47.6 Å². The number of hydrogen-bond acceptors (Lipinski definition) is 6. The van der Waals surface area contributed by atoms with Gasteiger partial charge in [-0.05, 0) is 98.5 Å². The van der Waals surface area contributed by atoms with Gasteiger partial charge in [0.1, 0.15) is 22.6 Å². The standard InChI is InChI=1S/C33H37F2N5O3S/c1-21-15-26(20-36)31(29(35)16-21)39-9-7-24(8-10-39)18-25-19-27(23(3)17-22(25)2)33(41)40-13-11-38(12-14-40)30-6-4-5-28(34)32(30)44(37,42)43/h4-6,15-17,19,24H,7-14,18H2,1-3H3,(H2,37,42,43). The summed E-state index contributed by atoms with van der Waals surface area (Å²) in [5.41, 5.74) is 5.41. The van der Waals surface area contributed by atoms with Crippen LogP contribution in [0.3, 0.4) is 0 Å². The molecule has 0 spiro atoms. The molecule has 8 nitrogen and oxygen atoms in total. The number of hydrogen-bond donors (Lipinski definition) is 1. The second kappa shape index (κ2) is 12.5. The number of carbonyl (C=O) groups excluding carboxylic acids is 1.